The first-order valence-corrected chi connectivity index (χ1v) is 9.74. The van der Waals surface area contributed by atoms with Crippen LogP contribution in [0.2, 0.25) is 0 Å². The number of anilines is 2. The van der Waals surface area contributed by atoms with Gasteiger partial charge < -0.3 is 10.6 Å². The summed E-state index contributed by atoms with van der Waals surface area (Å²) in [7, 11) is 0. The standard InChI is InChI=1S/C20H14BrN5OS/c21-15-12-24-20(25-13-15)23-11-14(10-22)19(27)26-17-8-4-5-9-18(17)28-16-6-2-1-3-7-16/h1-9,11-13H,(H,26,27)(H,23,24,25)/b14-11-. The van der Waals surface area contributed by atoms with Crippen LogP contribution < -0.4 is 10.6 Å². The Balaban J connectivity index is 1.73. The third-order valence-electron chi connectivity index (χ3n) is 3.44. The molecule has 0 saturated heterocycles. The van der Waals surface area contributed by atoms with Crippen molar-refractivity contribution in [2.45, 2.75) is 9.79 Å². The van der Waals surface area contributed by atoms with Crippen molar-refractivity contribution in [1.29, 1.82) is 5.26 Å². The summed E-state index contributed by atoms with van der Waals surface area (Å²) in [6, 6.07) is 19.2. The Bertz CT molecular complexity index is 1030. The lowest BCUT2D eigenvalue weighted by Gasteiger charge is -2.10. The number of halogens is 1. The minimum atomic E-state index is -0.520. The van der Waals surface area contributed by atoms with Crippen LogP contribution in [0.15, 0.2) is 93.0 Å². The van der Waals surface area contributed by atoms with Crippen LogP contribution >= 0.6 is 27.7 Å². The molecule has 0 aliphatic rings. The maximum Gasteiger partial charge on any atom is 0.267 e. The van der Waals surface area contributed by atoms with Crippen molar-refractivity contribution in [2.75, 3.05) is 10.6 Å². The summed E-state index contributed by atoms with van der Waals surface area (Å²) >= 11 is 4.77. The third kappa shape index (κ3) is 5.42. The van der Waals surface area contributed by atoms with Gasteiger partial charge in [0.1, 0.15) is 11.6 Å². The first-order chi connectivity index (χ1) is 13.7. The molecule has 3 aromatic rings. The lowest BCUT2D eigenvalue weighted by molar-refractivity contribution is -0.112. The molecular formula is C20H14BrN5OS. The molecule has 0 spiro atoms. The number of nitrogens with zero attached hydrogens (tertiary/aromatic N) is 3. The molecule has 28 heavy (non-hydrogen) atoms. The lowest BCUT2D eigenvalue weighted by Crippen LogP contribution is -2.15. The number of hydrogen-bond acceptors (Lipinski definition) is 6. The predicted octanol–water partition coefficient (Wildman–Crippen LogP) is 4.85. The fourth-order valence-corrected chi connectivity index (χ4v) is 3.26. The van der Waals surface area contributed by atoms with Gasteiger partial charge in [0.25, 0.3) is 5.91 Å². The Morgan fingerprint density at radius 2 is 1.75 bits per heavy atom. The highest BCUT2D eigenvalue weighted by molar-refractivity contribution is 9.10. The zero-order chi connectivity index (χ0) is 19.8. The number of benzene rings is 2. The molecule has 0 bridgehead atoms. The lowest BCUT2D eigenvalue weighted by atomic mass is 10.2. The van der Waals surface area contributed by atoms with E-state index in [1.54, 1.807) is 18.5 Å². The average Bonchev–Trinajstić information content (AvgIpc) is 2.72. The fourth-order valence-electron chi connectivity index (χ4n) is 2.14. The van der Waals surface area contributed by atoms with E-state index in [0.717, 1.165) is 14.3 Å². The van der Waals surface area contributed by atoms with E-state index in [-0.39, 0.29) is 11.5 Å². The largest absolute Gasteiger partial charge is 0.329 e. The van der Waals surface area contributed by atoms with Gasteiger partial charge in [-0.3, -0.25) is 4.79 Å². The highest BCUT2D eigenvalue weighted by atomic mass is 79.9. The smallest absolute Gasteiger partial charge is 0.267 e. The molecule has 138 valence electrons. The molecule has 0 fully saturated rings. The molecule has 8 heteroatoms. The van der Waals surface area contributed by atoms with Gasteiger partial charge in [0.15, 0.2) is 0 Å². The molecule has 3 rings (SSSR count). The number of amides is 1. The minimum Gasteiger partial charge on any atom is -0.329 e. The van der Waals surface area contributed by atoms with Gasteiger partial charge in [0.2, 0.25) is 5.95 Å². The SMILES string of the molecule is N#C/C(=C/Nc1ncc(Br)cn1)C(=O)Nc1ccccc1Sc1ccccc1. The number of carbonyl (C=O) groups excluding carboxylic acids is 1. The predicted molar refractivity (Wildman–Crippen MR) is 113 cm³/mol. The number of para-hydroxylation sites is 1. The van der Waals surface area contributed by atoms with Crippen LogP contribution in [0.3, 0.4) is 0 Å². The normalized spacial score (nSPS) is 10.8. The fraction of sp³-hybridized carbons (Fsp3) is 0. The maximum absolute atomic E-state index is 12.5. The van der Waals surface area contributed by atoms with Gasteiger partial charge in [0.05, 0.1) is 10.2 Å². The van der Waals surface area contributed by atoms with E-state index in [2.05, 4.69) is 36.5 Å². The van der Waals surface area contributed by atoms with Crippen molar-refractivity contribution >= 4 is 45.2 Å². The van der Waals surface area contributed by atoms with E-state index in [4.69, 9.17) is 0 Å². The van der Waals surface area contributed by atoms with Crippen molar-refractivity contribution in [3.05, 3.63) is 83.2 Å². The summed E-state index contributed by atoms with van der Waals surface area (Å²) < 4.78 is 0.729. The van der Waals surface area contributed by atoms with Gasteiger partial charge in [-0.1, -0.05) is 42.1 Å². The van der Waals surface area contributed by atoms with Crippen molar-refractivity contribution in [3.8, 4) is 6.07 Å². The monoisotopic (exact) mass is 451 g/mol. The third-order valence-corrected chi connectivity index (χ3v) is 4.93. The zero-order valence-electron chi connectivity index (χ0n) is 14.5. The molecule has 6 nitrogen and oxygen atoms in total. The minimum absolute atomic E-state index is 0.0916. The van der Waals surface area contributed by atoms with E-state index in [9.17, 15) is 10.1 Å². The van der Waals surface area contributed by atoms with Crippen LogP contribution in [0, 0.1) is 11.3 Å². The second kappa shape index (κ2) is 9.69. The molecule has 1 amide bonds. The van der Waals surface area contributed by atoms with E-state index >= 15 is 0 Å². The van der Waals surface area contributed by atoms with Crippen LogP contribution in [0.4, 0.5) is 11.6 Å². The molecule has 2 N–H and O–H groups in total. The molecule has 0 aliphatic heterocycles. The summed E-state index contributed by atoms with van der Waals surface area (Å²) in [4.78, 5) is 22.5. The second-order valence-electron chi connectivity index (χ2n) is 5.40. The summed E-state index contributed by atoms with van der Waals surface area (Å²) in [6.45, 7) is 0. The molecule has 0 saturated carbocycles. The summed E-state index contributed by atoms with van der Waals surface area (Å²) in [6.07, 6.45) is 4.41. The number of hydrogen-bond donors (Lipinski definition) is 2. The molecule has 2 aromatic carbocycles. The molecule has 0 atom stereocenters. The zero-order valence-corrected chi connectivity index (χ0v) is 16.9. The van der Waals surface area contributed by atoms with Crippen molar-refractivity contribution < 1.29 is 4.79 Å². The van der Waals surface area contributed by atoms with E-state index in [0.29, 0.717) is 5.69 Å². The number of rotatable bonds is 6. The van der Waals surface area contributed by atoms with Gasteiger partial charge in [-0.25, -0.2) is 9.97 Å². The van der Waals surface area contributed by atoms with E-state index in [1.165, 1.54) is 18.0 Å². The van der Waals surface area contributed by atoms with Gasteiger partial charge >= 0.3 is 0 Å². The number of nitriles is 1. The first kappa shape index (κ1) is 19.6. The molecular weight excluding hydrogens is 438 g/mol. The second-order valence-corrected chi connectivity index (χ2v) is 7.44. The summed E-state index contributed by atoms with van der Waals surface area (Å²) in [5, 5.41) is 14.9. The first-order valence-electron chi connectivity index (χ1n) is 8.13. The number of nitrogens with one attached hydrogen (secondary N) is 2. The Morgan fingerprint density at radius 1 is 1.07 bits per heavy atom. The van der Waals surface area contributed by atoms with Crippen molar-refractivity contribution in [1.82, 2.24) is 9.97 Å². The van der Waals surface area contributed by atoms with Crippen molar-refractivity contribution in [3.63, 3.8) is 0 Å². The topological polar surface area (TPSA) is 90.7 Å². The number of carbonyl (C=O) groups is 1. The Hall–Kier alpha value is -3.15. The summed E-state index contributed by atoms with van der Waals surface area (Å²) in [5.41, 5.74) is 0.536. The van der Waals surface area contributed by atoms with Gasteiger partial charge in [-0.2, -0.15) is 5.26 Å². The highest BCUT2D eigenvalue weighted by Crippen LogP contribution is 2.33. The van der Waals surface area contributed by atoms with Gasteiger partial charge in [0, 0.05) is 28.4 Å². The van der Waals surface area contributed by atoms with E-state index < -0.39 is 5.91 Å². The maximum atomic E-state index is 12.5. The molecule has 0 radical (unpaired) electrons. The Kier molecular flexibility index (Phi) is 6.78. The van der Waals surface area contributed by atoms with Crippen LogP contribution in [-0.2, 0) is 4.79 Å². The van der Waals surface area contributed by atoms with Crippen molar-refractivity contribution in [2.24, 2.45) is 0 Å². The Morgan fingerprint density at radius 3 is 2.46 bits per heavy atom. The van der Waals surface area contributed by atoms with Gasteiger partial charge in [-0.05, 0) is 40.2 Å². The Labute approximate surface area is 174 Å². The number of aromatic nitrogens is 2. The van der Waals surface area contributed by atoms with Crippen LogP contribution in [0.5, 0.6) is 0 Å². The van der Waals surface area contributed by atoms with Gasteiger partial charge in [-0.15, -0.1) is 0 Å². The van der Waals surface area contributed by atoms with Crippen LogP contribution in [-0.4, -0.2) is 15.9 Å². The highest BCUT2D eigenvalue weighted by Gasteiger charge is 2.12. The molecule has 0 aliphatic carbocycles. The molecule has 0 unspecified atom stereocenters. The van der Waals surface area contributed by atoms with Crippen LogP contribution in [0.25, 0.3) is 0 Å². The van der Waals surface area contributed by atoms with Crippen LogP contribution in [0.1, 0.15) is 0 Å². The average molecular weight is 452 g/mol. The quantitative estimate of drug-likeness (QED) is 0.411. The molecule has 1 heterocycles. The van der Waals surface area contributed by atoms with E-state index in [1.807, 2.05) is 54.6 Å². The summed E-state index contributed by atoms with van der Waals surface area (Å²) in [5.74, 6) is -0.239. The molecule has 1 aromatic heterocycles.